The predicted molar refractivity (Wildman–Crippen MR) is 154 cm³/mol. The average molecular weight is 591 g/mol. The lowest BCUT2D eigenvalue weighted by Crippen LogP contribution is -2.45. The summed E-state index contributed by atoms with van der Waals surface area (Å²) in [6.45, 7) is 1.70. The number of alkyl halides is 2. The van der Waals surface area contributed by atoms with Crippen molar-refractivity contribution < 1.29 is 18.4 Å². The van der Waals surface area contributed by atoms with Crippen molar-refractivity contribution in [2.24, 2.45) is 5.92 Å². The van der Waals surface area contributed by atoms with E-state index < -0.39 is 23.4 Å². The fraction of sp³-hybridized carbons (Fsp3) is 0.387. The number of nitriles is 1. The zero-order valence-corrected chi connectivity index (χ0v) is 23.5. The fourth-order valence-corrected chi connectivity index (χ4v) is 6.90. The number of anilines is 2. The van der Waals surface area contributed by atoms with E-state index in [1.807, 2.05) is 35.2 Å². The third-order valence-corrected chi connectivity index (χ3v) is 9.03. The molecule has 2 aliphatic heterocycles. The maximum absolute atomic E-state index is 14.2. The number of fused-ring (bicyclic) bond motifs is 2. The Balaban J connectivity index is 1.13. The Labute approximate surface area is 247 Å². The maximum atomic E-state index is 14.2. The highest BCUT2D eigenvalue weighted by atomic mass is 35.5. The van der Waals surface area contributed by atoms with Crippen molar-refractivity contribution in [1.82, 2.24) is 15.3 Å². The molecule has 2 amide bonds. The normalized spacial score (nSPS) is 23.4. The highest BCUT2D eigenvalue weighted by Crippen LogP contribution is 2.49. The van der Waals surface area contributed by atoms with Gasteiger partial charge in [0, 0.05) is 43.8 Å². The monoisotopic (exact) mass is 590 g/mol. The molecule has 0 bridgehead atoms. The molecule has 2 aromatic heterocycles. The van der Waals surface area contributed by atoms with Crippen LogP contribution in [0.5, 0.6) is 0 Å². The number of hydrogen-bond donors (Lipinski definition) is 1. The van der Waals surface area contributed by atoms with Gasteiger partial charge in [-0.05, 0) is 67.9 Å². The van der Waals surface area contributed by atoms with Crippen LogP contribution in [0.25, 0.3) is 0 Å². The highest BCUT2D eigenvalue weighted by molar-refractivity contribution is 6.30. The van der Waals surface area contributed by atoms with Crippen LogP contribution in [0.4, 0.5) is 20.2 Å². The second kappa shape index (κ2) is 11.3. The van der Waals surface area contributed by atoms with Crippen LogP contribution in [0.3, 0.4) is 0 Å². The fourth-order valence-electron chi connectivity index (χ4n) is 6.74. The predicted octanol–water partition coefficient (Wildman–Crippen LogP) is 5.42. The zero-order valence-electron chi connectivity index (χ0n) is 22.8. The molecule has 4 heterocycles. The van der Waals surface area contributed by atoms with E-state index in [4.69, 9.17) is 11.6 Å². The first-order chi connectivity index (χ1) is 20.3. The Morgan fingerprint density at radius 1 is 1.14 bits per heavy atom. The van der Waals surface area contributed by atoms with Crippen LogP contribution in [0, 0.1) is 17.2 Å². The second-order valence-corrected chi connectivity index (χ2v) is 11.7. The average Bonchev–Trinajstić information content (AvgIpc) is 3.54. The summed E-state index contributed by atoms with van der Waals surface area (Å²) >= 11 is 5.92. The highest BCUT2D eigenvalue weighted by Gasteiger charge is 2.54. The van der Waals surface area contributed by atoms with Crippen LogP contribution in [-0.2, 0) is 10.2 Å². The van der Waals surface area contributed by atoms with Crippen LogP contribution in [0.2, 0.25) is 5.02 Å². The number of nitrogens with one attached hydrogen (secondary N) is 1. The van der Waals surface area contributed by atoms with Crippen molar-refractivity contribution in [3.8, 4) is 6.07 Å². The Morgan fingerprint density at radius 3 is 2.67 bits per heavy atom. The second-order valence-electron chi connectivity index (χ2n) is 11.2. The third-order valence-electron chi connectivity index (χ3n) is 8.83. The molecule has 1 atom stereocenters. The van der Waals surface area contributed by atoms with Crippen LogP contribution in [0.1, 0.15) is 65.8 Å². The number of benzene rings is 1. The quantitative estimate of drug-likeness (QED) is 0.411. The first-order valence-corrected chi connectivity index (χ1v) is 14.4. The molecule has 11 heteroatoms. The van der Waals surface area contributed by atoms with Crippen LogP contribution in [-0.4, -0.2) is 47.5 Å². The molecule has 1 saturated heterocycles. The van der Waals surface area contributed by atoms with Crippen molar-refractivity contribution in [3.05, 3.63) is 82.4 Å². The number of halogens is 3. The molecule has 1 spiro atoms. The molecule has 8 nitrogen and oxygen atoms in total. The molecular weight excluding hydrogens is 562 g/mol. The molecular formula is C31H29ClF2N6O2. The SMILES string of the molecule is N#Cc1ncccc1N1CCC2(C1)C(=O)N(C[C@H]1CC[C@H](NC(=O)c3cc(Cl)cnc3C(F)F)CC1)c1ccccc12. The van der Waals surface area contributed by atoms with Crippen molar-refractivity contribution in [3.63, 3.8) is 0 Å². The Kier molecular flexibility index (Phi) is 7.54. The summed E-state index contributed by atoms with van der Waals surface area (Å²) in [6.07, 6.45) is 3.40. The molecule has 216 valence electrons. The Morgan fingerprint density at radius 2 is 1.90 bits per heavy atom. The minimum Gasteiger partial charge on any atom is -0.368 e. The maximum Gasteiger partial charge on any atom is 0.281 e. The van der Waals surface area contributed by atoms with Gasteiger partial charge in [0.1, 0.15) is 11.8 Å². The largest absolute Gasteiger partial charge is 0.368 e. The van der Waals surface area contributed by atoms with E-state index in [0.29, 0.717) is 44.6 Å². The van der Waals surface area contributed by atoms with E-state index in [-0.39, 0.29) is 28.5 Å². The molecule has 3 aliphatic rings. The number of carbonyl (C=O) groups is 2. The lowest BCUT2D eigenvalue weighted by atomic mass is 9.81. The van der Waals surface area contributed by atoms with Crippen LogP contribution in [0.15, 0.2) is 54.9 Å². The number of hydrogen-bond acceptors (Lipinski definition) is 6. The molecule has 1 aromatic carbocycles. The van der Waals surface area contributed by atoms with Crippen LogP contribution >= 0.6 is 11.6 Å². The van der Waals surface area contributed by atoms with Crippen molar-refractivity contribution >= 4 is 34.8 Å². The summed E-state index contributed by atoms with van der Waals surface area (Å²) in [5.41, 5.74) is 1.58. The number of rotatable bonds is 6. The standard InChI is InChI=1S/C31H29ClF2N6O2/c32-20-14-22(27(28(33)34)37-16-20)29(41)38-21-9-7-19(8-10-21)17-40-25-5-2-1-4-23(25)31(30(40)42)11-13-39(18-31)26-6-3-12-36-24(26)15-35/h1-6,12,14,16,19,21,28H,7-11,13,17-18H2,(H,38,41)/t19-,21-,31?. The van der Waals surface area contributed by atoms with Gasteiger partial charge in [-0.25, -0.2) is 13.8 Å². The number of carbonyl (C=O) groups excluding carboxylic acids is 2. The molecule has 1 unspecified atom stereocenters. The lowest BCUT2D eigenvalue weighted by Gasteiger charge is -2.32. The zero-order chi connectivity index (χ0) is 29.4. The summed E-state index contributed by atoms with van der Waals surface area (Å²) < 4.78 is 26.8. The lowest BCUT2D eigenvalue weighted by molar-refractivity contribution is -0.122. The summed E-state index contributed by atoms with van der Waals surface area (Å²) in [4.78, 5) is 38.8. The minimum atomic E-state index is -2.88. The van der Waals surface area contributed by atoms with E-state index in [9.17, 15) is 23.6 Å². The van der Waals surface area contributed by atoms with Crippen molar-refractivity contribution in [2.75, 3.05) is 29.4 Å². The summed E-state index contributed by atoms with van der Waals surface area (Å²) in [5.74, 6) is -0.291. The van der Waals surface area contributed by atoms with E-state index in [1.54, 1.807) is 12.3 Å². The van der Waals surface area contributed by atoms with Gasteiger partial charge in [0.2, 0.25) is 5.91 Å². The Bertz CT molecular complexity index is 1570. The van der Waals surface area contributed by atoms with E-state index >= 15 is 0 Å². The van der Waals surface area contributed by atoms with Gasteiger partial charge in [-0.1, -0.05) is 29.8 Å². The first-order valence-electron chi connectivity index (χ1n) is 14.1. The molecule has 42 heavy (non-hydrogen) atoms. The number of aromatic nitrogens is 2. The molecule has 2 fully saturated rings. The van der Waals surface area contributed by atoms with Gasteiger partial charge >= 0.3 is 0 Å². The summed E-state index contributed by atoms with van der Waals surface area (Å²) in [7, 11) is 0. The smallest absolute Gasteiger partial charge is 0.281 e. The Hall–Kier alpha value is -4.10. The van der Waals surface area contributed by atoms with Gasteiger partial charge < -0.3 is 15.1 Å². The number of nitrogens with zero attached hydrogens (tertiary/aromatic N) is 5. The number of para-hydroxylation sites is 1. The minimum absolute atomic E-state index is 0.0806. The molecule has 1 aliphatic carbocycles. The topological polar surface area (TPSA) is 102 Å². The molecule has 3 aromatic rings. The summed E-state index contributed by atoms with van der Waals surface area (Å²) in [5, 5.41) is 12.6. The molecule has 1 saturated carbocycles. The first kappa shape index (κ1) is 28.0. The molecule has 1 N–H and O–H groups in total. The number of amides is 2. The van der Waals surface area contributed by atoms with Gasteiger partial charge in [0.05, 0.1) is 21.7 Å². The van der Waals surface area contributed by atoms with Gasteiger partial charge in [0.15, 0.2) is 5.69 Å². The van der Waals surface area contributed by atoms with Crippen molar-refractivity contribution in [2.45, 2.75) is 50.0 Å². The number of pyridine rings is 2. The summed E-state index contributed by atoms with van der Waals surface area (Å²) in [6, 6.07) is 14.9. The van der Waals surface area contributed by atoms with Gasteiger partial charge in [0.25, 0.3) is 12.3 Å². The van der Waals surface area contributed by atoms with E-state index in [0.717, 1.165) is 36.0 Å². The molecule has 6 rings (SSSR count). The van der Waals surface area contributed by atoms with Crippen LogP contribution < -0.4 is 15.1 Å². The molecule has 0 radical (unpaired) electrons. The van der Waals surface area contributed by atoms with Gasteiger partial charge in [-0.3, -0.25) is 14.6 Å². The van der Waals surface area contributed by atoms with Gasteiger partial charge in [-0.15, -0.1) is 0 Å². The van der Waals surface area contributed by atoms with Gasteiger partial charge in [-0.2, -0.15) is 5.26 Å². The van der Waals surface area contributed by atoms with E-state index in [2.05, 4.69) is 26.3 Å². The van der Waals surface area contributed by atoms with Crippen molar-refractivity contribution in [1.29, 1.82) is 5.26 Å². The van der Waals surface area contributed by atoms with E-state index in [1.165, 1.54) is 6.07 Å². The third kappa shape index (κ3) is 4.96.